The number of carbonyl (C=O) groups excluding carboxylic acids is 2. The molecule has 0 spiro atoms. The van der Waals surface area contributed by atoms with Crippen LogP contribution in [0.5, 0.6) is 0 Å². The summed E-state index contributed by atoms with van der Waals surface area (Å²) in [6.07, 6.45) is 0. The van der Waals surface area contributed by atoms with Crippen LogP contribution in [0.1, 0.15) is 22.0 Å². The number of urea groups is 1. The summed E-state index contributed by atoms with van der Waals surface area (Å²) in [5.74, 6) is -0.359. The minimum absolute atomic E-state index is 0.243. The van der Waals surface area contributed by atoms with Gasteiger partial charge in [-0.3, -0.25) is 4.79 Å². The second-order valence-electron chi connectivity index (χ2n) is 4.97. The molecule has 7 heteroatoms. The molecule has 6 nitrogen and oxygen atoms in total. The third kappa shape index (κ3) is 3.54. The van der Waals surface area contributed by atoms with Crippen LogP contribution in [0.3, 0.4) is 0 Å². The summed E-state index contributed by atoms with van der Waals surface area (Å²) in [6.45, 7) is 0.243. The number of nitrogens with zero attached hydrogens (tertiary/aromatic N) is 2. The highest BCUT2D eigenvalue weighted by molar-refractivity contribution is 6.30. The zero-order valence-electron chi connectivity index (χ0n) is 12.0. The average molecular weight is 329 g/mol. The van der Waals surface area contributed by atoms with Crippen molar-refractivity contribution in [3.63, 3.8) is 0 Å². The van der Waals surface area contributed by atoms with Crippen molar-refractivity contribution in [3.8, 4) is 0 Å². The van der Waals surface area contributed by atoms with Crippen molar-refractivity contribution in [3.05, 3.63) is 64.7 Å². The van der Waals surface area contributed by atoms with Gasteiger partial charge in [-0.1, -0.05) is 29.8 Å². The van der Waals surface area contributed by atoms with E-state index in [9.17, 15) is 9.59 Å². The molecule has 1 heterocycles. The van der Waals surface area contributed by atoms with E-state index in [-0.39, 0.29) is 24.5 Å². The van der Waals surface area contributed by atoms with Gasteiger partial charge in [0, 0.05) is 22.8 Å². The van der Waals surface area contributed by atoms with Gasteiger partial charge in [0.2, 0.25) is 0 Å². The number of halogens is 1. The first-order valence-corrected chi connectivity index (χ1v) is 7.36. The molecule has 3 rings (SSSR count). The Kier molecular flexibility index (Phi) is 4.34. The first-order chi connectivity index (χ1) is 11.1. The monoisotopic (exact) mass is 328 g/mol. The van der Waals surface area contributed by atoms with E-state index in [0.717, 1.165) is 5.56 Å². The van der Waals surface area contributed by atoms with Crippen LogP contribution < -0.4 is 10.6 Å². The van der Waals surface area contributed by atoms with Crippen LogP contribution >= 0.6 is 11.6 Å². The summed E-state index contributed by atoms with van der Waals surface area (Å²) >= 11 is 5.79. The molecular formula is C16H13ClN4O2. The normalized spacial score (nSPS) is 15.9. The molecular weight excluding hydrogens is 316 g/mol. The second kappa shape index (κ2) is 6.58. The van der Waals surface area contributed by atoms with Crippen LogP contribution in [0.4, 0.5) is 10.5 Å². The lowest BCUT2D eigenvalue weighted by Crippen LogP contribution is -2.32. The highest BCUT2D eigenvalue weighted by Gasteiger charge is 2.23. The maximum atomic E-state index is 11.9. The van der Waals surface area contributed by atoms with Crippen LogP contribution in [0, 0.1) is 0 Å². The maximum Gasteiger partial charge on any atom is 0.319 e. The average Bonchev–Trinajstić information content (AvgIpc) is 2.57. The highest BCUT2D eigenvalue weighted by atomic mass is 35.5. The Labute approximate surface area is 137 Å². The topological polar surface area (TPSA) is 82.9 Å². The van der Waals surface area contributed by atoms with Gasteiger partial charge in [0.1, 0.15) is 6.04 Å². The summed E-state index contributed by atoms with van der Waals surface area (Å²) in [6, 6.07) is 13.2. The molecule has 23 heavy (non-hydrogen) atoms. The van der Waals surface area contributed by atoms with Crippen LogP contribution in [0.15, 0.2) is 58.8 Å². The van der Waals surface area contributed by atoms with Gasteiger partial charge in [0.15, 0.2) is 0 Å². The number of hydrogen-bond donors (Lipinski definition) is 2. The summed E-state index contributed by atoms with van der Waals surface area (Å²) in [5, 5.41) is 13.6. The standard InChI is InChI=1S/C16H13ClN4O2/c17-10-5-7-11(8-6-10)19-16(23)18-9-14-12-3-1-2-4-13(12)15(22)21-20-14/h1-8,14H,9H2,(H2,18,19,23). The van der Waals surface area contributed by atoms with Crippen molar-refractivity contribution < 1.29 is 9.59 Å². The van der Waals surface area contributed by atoms with Gasteiger partial charge >= 0.3 is 6.03 Å². The summed E-state index contributed by atoms with van der Waals surface area (Å²) in [5.41, 5.74) is 1.92. The molecule has 3 amide bonds. The molecule has 1 aliphatic rings. The van der Waals surface area contributed by atoms with Crippen molar-refractivity contribution in [2.75, 3.05) is 11.9 Å². The van der Waals surface area contributed by atoms with Crippen molar-refractivity contribution in [2.45, 2.75) is 6.04 Å². The van der Waals surface area contributed by atoms with Crippen LogP contribution in [-0.2, 0) is 0 Å². The fourth-order valence-electron chi connectivity index (χ4n) is 2.27. The smallest absolute Gasteiger partial charge is 0.319 e. The number of nitrogens with one attached hydrogen (secondary N) is 2. The Bertz CT molecular complexity index is 774. The fraction of sp³-hybridized carbons (Fsp3) is 0.125. The number of fused-ring (bicyclic) bond motifs is 1. The van der Waals surface area contributed by atoms with Crippen LogP contribution in [-0.4, -0.2) is 18.5 Å². The summed E-state index contributed by atoms with van der Waals surface area (Å²) in [7, 11) is 0. The molecule has 1 aliphatic heterocycles. The number of carbonyl (C=O) groups is 2. The molecule has 2 aromatic rings. The lowest BCUT2D eigenvalue weighted by molar-refractivity contribution is 0.0985. The van der Waals surface area contributed by atoms with Gasteiger partial charge in [-0.15, -0.1) is 5.11 Å². The number of rotatable bonds is 3. The van der Waals surface area contributed by atoms with E-state index < -0.39 is 0 Å². The molecule has 0 saturated heterocycles. The second-order valence-corrected chi connectivity index (χ2v) is 5.40. The molecule has 1 unspecified atom stereocenters. The van der Waals surface area contributed by atoms with E-state index in [1.165, 1.54) is 0 Å². The largest absolute Gasteiger partial charge is 0.335 e. The molecule has 0 saturated carbocycles. The van der Waals surface area contributed by atoms with Gasteiger partial charge in [0.05, 0.1) is 0 Å². The van der Waals surface area contributed by atoms with Gasteiger partial charge in [-0.2, -0.15) is 5.11 Å². The molecule has 2 N–H and O–H groups in total. The Morgan fingerprint density at radius 2 is 1.87 bits per heavy atom. The number of benzene rings is 2. The number of hydrogen-bond acceptors (Lipinski definition) is 3. The van der Waals surface area contributed by atoms with Gasteiger partial charge in [-0.05, 0) is 35.9 Å². The third-order valence-electron chi connectivity index (χ3n) is 3.40. The quantitative estimate of drug-likeness (QED) is 0.898. The minimum atomic E-state index is -0.375. The van der Waals surface area contributed by atoms with E-state index in [2.05, 4.69) is 20.9 Å². The minimum Gasteiger partial charge on any atom is -0.335 e. The Hall–Kier alpha value is -2.73. The maximum absolute atomic E-state index is 11.9. The van der Waals surface area contributed by atoms with Gasteiger partial charge < -0.3 is 10.6 Å². The predicted molar refractivity (Wildman–Crippen MR) is 86.8 cm³/mol. The molecule has 0 aliphatic carbocycles. The van der Waals surface area contributed by atoms with E-state index >= 15 is 0 Å². The number of anilines is 1. The molecule has 0 radical (unpaired) electrons. The molecule has 0 fully saturated rings. The van der Waals surface area contributed by atoms with Gasteiger partial charge in [0.25, 0.3) is 5.91 Å². The molecule has 0 bridgehead atoms. The van der Waals surface area contributed by atoms with E-state index in [0.29, 0.717) is 16.3 Å². The number of amides is 3. The Morgan fingerprint density at radius 1 is 1.13 bits per heavy atom. The number of azo groups is 1. The lowest BCUT2D eigenvalue weighted by Gasteiger charge is -2.18. The fourth-order valence-corrected chi connectivity index (χ4v) is 2.40. The van der Waals surface area contributed by atoms with Crippen molar-refractivity contribution in [1.29, 1.82) is 0 Å². The van der Waals surface area contributed by atoms with Crippen molar-refractivity contribution in [2.24, 2.45) is 10.2 Å². The van der Waals surface area contributed by atoms with E-state index in [4.69, 9.17) is 11.6 Å². The summed E-state index contributed by atoms with van der Waals surface area (Å²) in [4.78, 5) is 23.6. The van der Waals surface area contributed by atoms with E-state index in [1.807, 2.05) is 12.1 Å². The predicted octanol–water partition coefficient (Wildman–Crippen LogP) is 3.81. The van der Waals surface area contributed by atoms with Crippen LogP contribution in [0.25, 0.3) is 0 Å². The Balaban J connectivity index is 1.62. The molecule has 116 valence electrons. The Morgan fingerprint density at radius 3 is 2.65 bits per heavy atom. The zero-order valence-corrected chi connectivity index (χ0v) is 12.7. The SMILES string of the molecule is O=C(NCC1N=NC(=O)c2ccccc21)Nc1ccc(Cl)cc1. The van der Waals surface area contributed by atoms with E-state index in [1.54, 1.807) is 36.4 Å². The molecule has 0 aromatic heterocycles. The highest BCUT2D eigenvalue weighted by Crippen LogP contribution is 2.26. The van der Waals surface area contributed by atoms with Gasteiger partial charge in [-0.25, -0.2) is 4.79 Å². The lowest BCUT2D eigenvalue weighted by atomic mass is 9.99. The van der Waals surface area contributed by atoms with Crippen LogP contribution in [0.2, 0.25) is 5.02 Å². The first-order valence-electron chi connectivity index (χ1n) is 6.98. The summed E-state index contributed by atoms with van der Waals surface area (Å²) < 4.78 is 0. The van der Waals surface area contributed by atoms with Crippen molar-refractivity contribution in [1.82, 2.24) is 5.32 Å². The molecule has 1 atom stereocenters. The third-order valence-corrected chi connectivity index (χ3v) is 3.65. The molecule has 2 aromatic carbocycles. The zero-order chi connectivity index (χ0) is 16.2. The van der Waals surface area contributed by atoms with Crippen molar-refractivity contribution >= 4 is 29.2 Å². The first kappa shape index (κ1) is 15.2.